The first kappa shape index (κ1) is 33.8. The van der Waals surface area contributed by atoms with Gasteiger partial charge in [0.25, 0.3) is 0 Å². The highest BCUT2D eigenvalue weighted by atomic mass is 15.5. The number of anilines is 3. The van der Waals surface area contributed by atoms with Gasteiger partial charge in [0.15, 0.2) is 0 Å². The van der Waals surface area contributed by atoms with Crippen molar-refractivity contribution in [3.63, 3.8) is 0 Å². The Balaban J connectivity index is 0.909. The number of hydrogen-bond acceptors (Lipinski definition) is 3. The predicted molar refractivity (Wildman–Crippen MR) is 250 cm³/mol. The lowest BCUT2D eigenvalue weighted by atomic mass is 9.70. The number of rotatable bonds is 5. The molecule has 284 valence electrons. The zero-order chi connectivity index (χ0) is 40.1. The van der Waals surface area contributed by atoms with Crippen LogP contribution in [0.5, 0.6) is 0 Å². The molecule has 4 nitrogen and oxygen atoms in total. The molecule has 0 aliphatic heterocycles. The molecule has 10 aromatic carbocycles. The quantitative estimate of drug-likeness (QED) is 0.163. The fourth-order valence-corrected chi connectivity index (χ4v) is 10.4. The van der Waals surface area contributed by atoms with Crippen molar-refractivity contribution in [3.8, 4) is 39.1 Å². The molecule has 1 aromatic heterocycles. The lowest BCUT2D eigenvalue weighted by Crippen LogP contribution is -2.25. The molecule has 1 heterocycles. The normalized spacial score (nSPS) is 13.0. The Kier molecular flexibility index (Phi) is 7.19. The van der Waals surface area contributed by atoms with Crippen LogP contribution in [0.3, 0.4) is 0 Å². The molecule has 4 heteroatoms. The summed E-state index contributed by atoms with van der Waals surface area (Å²) in [7, 11) is 0. The number of aromatic nitrogens is 3. The second-order valence-electron chi connectivity index (χ2n) is 16.2. The van der Waals surface area contributed by atoms with E-state index in [1.54, 1.807) is 4.80 Å². The SMILES string of the molecule is c1ccc(N(c2ccc(-c3ccc4c(ccc5ccc6nn(-c7ccccc7)nc6c54)c3)cc2)c2ccc3c(c2)-c2ccccc2C32c3ccccc3-c3ccccc32)cc1. The van der Waals surface area contributed by atoms with Gasteiger partial charge in [-0.2, -0.15) is 4.80 Å². The molecule has 0 atom stereocenters. The molecule has 13 rings (SSSR count). The highest BCUT2D eigenvalue weighted by Gasteiger charge is 2.51. The standard InChI is InChI=1S/C57H36N4/c1-3-13-41(14-4-1)60(44-31-33-53-49(36-44)48-19-9-12-22-52(48)57(53)50-20-10-7-17-46(50)47-18-8-11-21-51(47)57)42-29-25-37(26-30-42)39-27-32-45-40(35-39)24-23-38-28-34-54-56(55(38)45)59-61(58-54)43-15-5-2-6-16-43/h1-36H. The van der Waals surface area contributed by atoms with Crippen molar-refractivity contribution < 1.29 is 0 Å². The van der Waals surface area contributed by atoms with E-state index >= 15 is 0 Å². The lowest BCUT2D eigenvalue weighted by Gasteiger charge is -2.31. The average molecular weight is 777 g/mol. The van der Waals surface area contributed by atoms with Crippen LogP contribution in [0.15, 0.2) is 218 Å². The topological polar surface area (TPSA) is 34.0 Å². The molecule has 0 unspecified atom stereocenters. The fourth-order valence-electron chi connectivity index (χ4n) is 10.4. The van der Waals surface area contributed by atoms with E-state index in [-0.39, 0.29) is 5.41 Å². The van der Waals surface area contributed by atoms with Crippen LogP contribution in [0.25, 0.3) is 71.6 Å². The van der Waals surface area contributed by atoms with E-state index in [9.17, 15) is 0 Å². The molecule has 0 saturated heterocycles. The summed E-state index contributed by atoms with van der Waals surface area (Å²) in [5.74, 6) is 0. The largest absolute Gasteiger partial charge is 0.310 e. The molecule has 2 aliphatic rings. The van der Waals surface area contributed by atoms with Gasteiger partial charge in [-0.25, -0.2) is 0 Å². The van der Waals surface area contributed by atoms with Gasteiger partial charge in [-0.05, 0) is 132 Å². The summed E-state index contributed by atoms with van der Waals surface area (Å²) >= 11 is 0. The third-order valence-electron chi connectivity index (χ3n) is 13.0. The summed E-state index contributed by atoms with van der Waals surface area (Å²) in [4.78, 5) is 4.12. The van der Waals surface area contributed by atoms with Crippen molar-refractivity contribution in [2.24, 2.45) is 0 Å². The van der Waals surface area contributed by atoms with Crippen LogP contribution < -0.4 is 4.90 Å². The van der Waals surface area contributed by atoms with Crippen LogP contribution in [-0.2, 0) is 5.41 Å². The monoisotopic (exact) mass is 776 g/mol. The molecular weight excluding hydrogens is 741 g/mol. The first-order chi connectivity index (χ1) is 30.2. The van der Waals surface area contributed by atoms with Gasteiger partial charge in [-0.3, -0.25) is 0 Å². The second-order valence-corrected chi connectivity index (χ2v) is 16.2. The summed E-state index contributed by atoms with van der Waals surface area (Å²) in [6.45, 7) is 0. The molecule has 1 spiro atoms. The smallest absolute Gasteiger partial charge is 0.122 e. The highest BCUT2D eigenvalue weighted by molar-refractivity contribution is 6.18. The summed E-state index contributed by atoms with van der Waals surface area (Å²) in [5.41, 5.74) is 18.6. The minimum atomic E-state index is -0.365. The Labute approximate surface area is 353 Å². The lowest BCUT2D eigenvalue weighted by molar-refractivity contribution is 0.766. The van der Waals surface area contributed by atoms with Gasteiger partial charge in [-0.1, -0.05) is 158 Å². The highest BCUT2D eigenvalue weighted by Crippen LogP contribution is 2.63. The van der Waals surface area contributed by atoms with Gasteiger partial charge in [-0.15, -0.1) is 10.2 Å². The average Bonchev–Trinajstić information content (AvgIpc) is 4.00. The minimum absolute atomic E-state index is 0.365. The Morgan fingerprint density at radius 1 is 0.377 bits per heavy atom. The molecule has 0 bridgehead atoms. The predicted octanol–water partition coefficient (Wildman–Crippen LogP) is 14.2. The third kappa shape index (κ3) is 4.87. The molecule has 2 aliphatic carbocycles. The van der Waals surface area contributed by atoms with Crippen LogP contribution >= 0.6 is 0 Å². The summed E-state index contributed by atoms with van der Waals surface area (Å²) in [6.07, 6.45) is 0. The van der Waals surface area contributed by atoms with E-state index in [0.717, 1.165) is 50.1 Å². The van der Waals surface area contributed by atoms with E-state index < -0.39 is 0 Å². The van der Waals surface area contributed by atoms with E-state index in [2.05, 4.69) is 193 Å². The van der Waals surface area contributed by atoms with Crippen molar-refractivity contribution in [2.45, 2.75) is 5.41 Å². The van der Waals surface area contributed by atoms with Crippen LogP contribution in [0, 0.1) is 0 Å². The molecule has 0 amide bonds. The zero-order valence-electron chi connectivity index (χ0n) is 33.1. The Morgan fingerprint density at radius 2 is 0.918 bits per heavy atom. The molecular formula is C57H36N4. The molecule has 0 N–H and O–H groups in total. The summed E-state index contributed by atoms with van der Waals surface area (Å²) in [5, 5.41) is 14.4. The minimum Gasteiger partial charge on any atom is -0.310 e. The van der Waals surface area contributed by atoms with Crippen molar-refractivity contribution in [3.05, 3.63) is 241 Å². The number of nitrogens with zero attached hydrogens (tertiary/aromatic N) is 4. The molecule has 0 radical (unpaired) electrons. The Hall–Kier alpha value is -8.08. The van der Waals surface area contributed by atoms with E-state index in [0.29, 0.717) is 0 Å². The van der Waals surface area contributed by atoms with Gasteiger partial charge < -0.3 is 4.90 Å². The van der Waals surface area contributed by atoms with E-state index in [4.69, 9.17) is 10.2 Å². The molecule has 0 saturated carbocycles. The Morgan fingerprint density at radius 3 is 1.62 bits per heavy atom. The number of para-hydroxylation sites is 2. The van der Waals surface area contributed by atoms with Crippen molar-refractivity contribution >= 4 is 49.6 Å². The van der Waals surface area contributed by atoms with Gasteiger partial charge in [0, 0.05) is 22.4 Å². The van der Waals surface area contributed by atoms with Gasteiger partial charge in [0.1, 0.15) is 11.0 Å². The first-order valence-corrected chi connectivity index (χ1v) is 20.9. The van der Waals surface area contributed by atoms with Crippen LogP contribution in [0.2, 0.25) is 0 Å². The van der Waals surface area contributed by atoms with Crippen molar-refractivity contribution in [1.82, 2.24) is 15.0 Å². The van der Waals surface area contributed by atoms with E-state index in [1.165, 1.54) is 60.8 Å². The molecule has 0 fully saturated rings. The van der Waals surface area contributed by atoms with Crippen LogP contribution in [-0.4, -0.2) is 15.0 Å². The zero-order valence-corrected chi connectivity index (χ0v) is 33.1. The van der Waals surface area contributed by atoms with Crippen molar-refractivity contribution in [1.29, 1.82) is 0 Å². The van der Waals surface area contributed by atoms with Crippen LogP contribution in [0.4, 0.5) is 17.1 Å². The number of hydrogen-bond donors (Lipinski definition) is 0. The summed E-state index contributed by atoms with van der Waals surface area (Å²) in [6, 6.07) is 79.4. The van der Waals surface area contributed by atoms with Gasteiger partial charge in [0.2, 0.25) is 0 Å². The maximum Gasteiger partial charge on any atom is 0.122 e. The van der Waals surface area contributed by atoms with Crippen LogP contribution in [0.1, 0.15) is 22.3 Å². The molecule has 11 aromatic rings. The van der Waals surface area contributed by atoms with Crippen molar-refractivity contribution in [2.75, 3.05) is 4.90 Å². The van der Waals surface area contributed by atoms with Gasteiger partial charge >= 0.3 is 0 Å². The second kappa shape index (κ2) is 13.0. The summed E-state index contributed by atoms with van der Waals surface area (Å²) < 4.78 is 0. The molecule has 61 heavy (non-hydrogen) atoms. The number of fused-ring (bicyclic) bond motifs is 15. The Bertz CT molecular complexity index is 3490. The van der Waals surface area contributed by atoms with Gasteiger partial charge in [0.05, 0.1) is 11.1 Å². The fraction of sp³-hybridized carbons (Fsp3) is 0.0175. The third-order valence-corrected chi connectivity index (χ3v) is 13.0. The maximum absolute atomic E-state index is 4.99. The maximum atomic E-state index is 4.99. The first-order valence-electron chi connectivity index (χ1n) is 20.9. The number of benzene rings is 10. The van der Waals surface area contributed by atoms with E-state index in [1.807, 2.05) is 30.3 Å².